The summed E-state index contributed by atoms with van der Waals surface area (Å²) in [6, 6.07) is 0.473. The zero-order valence-electron chi connectivity index (χ0n) is 15.1. The fourth-order valence-electron chi connectivity index (χ4n) is 3.93. The Morgan fingerprint density at radius 2 is 1.74 bits per heavy atom. The smallest absolute Gasteiger partial charge is 0.410 e. The van der Waals surface area contributed by atoms with Gasteiger partial charge >= 0.3 is 6.09 Å². The van der Waals surface area contributed by atoms with Crippen LogP contribution in [0.5, 0.6) is 0 Å². The van der Waals surface area contributed by atoms with E-state index in [4.69, 9.17) is 4.74 Å². The molecule has 0 spiro atoms. The SMILES string of the molecule is CC(C)(C)OC(=O)N1CCN(C(CCO)C2CCCCC2)CC1. The van der Waals surface area contributed by atoms with E-state index < -0.39 is 5.60 Å². The first-order chi connectivity index (χ1) is 10.9. The Balaban J connectivity index is 1.86. The maximum atomic E-state index is 12.2. The van der Waals surface area contributed by atoms with Gasteiger partial charge in [-0.05, 0) is 46.0 Å². The topological polar surface area (TPSA) is 53.0 Å². The number of amides is 1. The fourth-order valence-corrected chi connectivity index (χ4v) is 3.93. The van der Waals surface area contributed by atoms with Gasteiger partial charge in [0.2, 0.25) is 0 Å². The number of ether oxygens (including phenoxy) is 1. The summed E-state index contributed by atoms with van der Waals surface area (Å²) in [5.74, 6) is 0.712. The number of piperazine rings is 1. The molecule has 2 fully saturated rings. The van der Waals surface area contributed by atoms with Gasteiger partial charge < -0.3 is 14.7 Å². The summed E-state index contributed by atoms with van der Waals surface area (Å²) >= 11 is 0. The monoisotopic (exact) mass is 326 g/mol. The van der Waals surface area contributed by atoms with E-state index in [1.165, 1.54) is 32.1 Å². The Kier molecular flexibility index (Phi) is 6.72. The number of carbonyl (C=O) groups is 1. The number of nitrogens with zero attached hydrogens (tertiary/aromatic N) is 2. The number of hydrogen-bond donors (Lipinski definition) is 1. The van der Waals surface area contributed by atoms with E-state index in [1.807, 2.05) is 25.7 Å². The summed E-state index contributed by atoms with van der Waals surface area (Å²) in [5.41, 5.74) is -0.435. The van der Waals surface area contributed by atoms with Crippen LogP contribution in [0, 0.1) is 5.92 Å². The van der Waals surface area contributed by atoms with Crippen LogP contribution in [0.3, 0.4) is 0 Å². The Hall–Kier alpha value is -0.810. The lowest BCUT2D eigenvalue weighted by atomic mass is 9.82. The van der Waals surface area contributed by atoms with Gasteiger partial charge in [0.1, 0.15) is 5.60 Å². The highest BCUT2D eigenvalue weighted by atomic mass is 16.6. The van der Waals surface area contributed by atoms with Crippen LogP contribution in [-0.2, 0) is 4.74 Å². The fraction of sp³-hybridized carbons (Fsp3) is 0.944. The molecule has 5 nitrogen and oxygen atoms in total. The minimum absolute atomic E-state index is 0.200. The second-order valence-corrected chi connectivity index (χ2v) is 7.98. The normalized spacial score (nSPS) is 22.9. The van der Waals surface area contributed by atoms with E-state index in [2.05, 4.69) is 4.90 Å². The molecular weight excluding hydrogens is 292 g/mol. The molecule has 0 aromatic carbocycles. The third-order valence-corrected chi connectivity index (χ3v) is 5.05. The van der Waals surface area contributed by atoms with E-state index in [1.54, 1.807) is 0 Å². The van der Waals surface area contributed by atoms with Crippen molar-refractivity contribution in [2.75, 3.05) is 32.8 Å². The third-order valence-electron chi connectivity index (χ3n) is 5.05. The van der Waals surface area contributed by atoms with Gasteiger partial charge in [0, 0.05) is 38.8 Å². The second-order valence-electron chi connectivity index (χ2n) is 7.98. The van der Waals surface area contributed by atoms with Crippen LogP contribution in [0.2, 0.25) is 0 Å². The molecule has 1 aliphatic carbocycles. The van der Waals surface area contributed by atoms with E-state index in [0.29, 0.717) is 12.0 Å². The van der Waals surface area contributed by atoms with Gasteiger partial charge in [0.25, 0.3) is 0 Å². The van der Waals surface area contributed by atoms with E-state index in [9.17, 15) is 9.90 Å². The average molecular weight is 326 g/mol. The second kappa shape index (κ2) is 8.34. The van der Waals surface area contributed by atoms with E-state index in [-0.39, 0.29) is 12.7 Å². The quantitative estimate of drug-likeness (QED) is 0.863. The lowest BCUT2D eigenvalue weighted by Crippen LogP contribution is -2.54. The third kappa shape index (κ3) is 5.64. The summed E-state index contributed by atoms with van der Waals surface area (Å²) in [7, 11) is 0. The molecule has 1 N–H and O–H groups in total. The van der Waals surface area contributed by atoms with Crippen molar-refractivity contribution in [3.8, 4) is 0 Å². The first-order valence-corrected chi connectivity index (χ1v) is 9.23. The maximum absolute atomic E-state index is 12.2. The summed E-state index contributed by atoms with van der Waals surface area (Å²) in [6.07, 6.45) is 7.24. The zero-order chi connectivity index (χ0) is 16.9. The Morgan fingerprint density at radius 3 is 2.26 bits per heavy atom. The highest BCUT2D eigenvalue weighted by Crippen LogP contribution is 2.31. The molecule has 1 aliphatic heterocycles. The lowest BCUT2D eigenvalue weighted by Gasteiger charge is -2.43. The minimum Gasteiger partial charge on any atom is -0.444 e. The summed E-state index contributed by atoms with van der Waals surface area (Å²) in [4.78, 5) is 16.5. The summed E-state index contributed by atoms with van der Waals surface area (Å²) in [5, 5.41) is 9.45. The molecule has 1 amide bonds. The number of carbonyl (C=O) groups excluding carboxylic acids is 1. The van der Waals surface area contributed by atoms with Crippen molar-refractivity contribution in [2.45, 2.75) is 70.9 Å². The van der Waals surface area contributed by atoms with Crippen LogP contribution in [0.15, 0.2) is 0 Å². The zero-order valence-corrected chi connectivity index (χ0v) is 15.1. The van der Waals surface area contributed by atoms with Crippen LogP contribution in [0.25, 0.3) is 0 Å². The van der Waals surface area contributed by atoms with Gasteiger partial charge in [-0.2, -0.15) is 0 Å². The number of aliphatic hydroxyl groups excluding tert-OH is 1. The first kappa shape index (κ1) is 18.5. The number of rotatable bonds is 4. The largest absolute Gasteiger partial charge is 0.444 e. The molecule has 1 saturated carbocycles. The van der Waals surface area contributed by atoms with Crippen LogP contribution in [0.1, 0.15) is 59.3 Å². The average Bonchev–Trinajstić information content (AvgIpc) is 2.52. The molecule has 2 rings (SSSR count). The molecule has 134 valence electrons. The molecule has 0 radical (unpaired) electrons. The number of aliphatic hydroxyl groups is 1. The summed E-state index contributed by atoms with van der Waals surface area (Å²) in [6.45, 7) is 9.20. The first-order valence-electron chi connectivity index (χ1n) is 9.23. The summed E-state index contributed by atoms with van der Waals surface area (Å²) < 4.78 is 5.47. The molecule has 0 bridgehead atoms. The van der Waals surface area contributed by atoms with Gasteiger partial charge in [-0.3, -0.25) is 4.90 Å². The molecule has 0 aromatic heterocycles. The van der Waals surface area contributed by atoms with Gasteiger partial charge in [0.05, 0.1) is 0 Å². The molecule has 1 unspecified atom stereocenters. The maximum Gasteiger partial charge on any atom is 0.410 e. The van der Waals surface area contributed by atoms with Crippen molar-refractivity contribution >= 4 is 6.09 Å². The van der Waals surface area contributed by atoms with Gasteiger partial charge in [-0.25, -0.2) is 4.79 Å². The van der Waals surface area contributed by atoms with Gasteiger partial charge in [-0.15, -0.1) is 0 Å². The van der Waals surface area contributed by atoms with Crippen molar-refractivity contribution in [1.82, 2.24) is 9.80 Å². The number of hydrogen-bond acceptors (Lipinski definition) is 4. The molecule has 1 atom stereocenters. The molecular formula is C18H34N2O3. The Morgan fingerprint density at radius 1 is 1.13 bits per heavy atom. The van der Waals surface area contributed by atoms with Crippen LogP contribution < -0.4 is 0 Å². The lowest BCUT2D eigenvalue weighted by molar-refractivity contribution is 0.00208. The van der Waals surface area contributed by atoms with Crippen molar-refractivity contribution < 1.29 is 14.6 Å². The van der Waals surface area contributed by atoms with Crippen molar-refractivity contribution in [1.29, 1.82) is 0 Å². The van der Waals surface area contributed by atoms with Crippen molar-refractivity contribution in [3.05, 3.63) is 0 Å². The van der Waals surface area contributed by atoms with Crippen molar-refractivity contribution in [3.63, 3.8) is 0 Å². The molecule has 1 saturated heterocycles. The predicted octanol–water partition coefficient (Wildman–Crippen LogP) is 2.87. The van der Waals surface area contributed by atoms with Gasteiger partial charge in [-0.1, -0.05) is 19.3 Å². The molecule has 0 aromatic rings. The highest BCUT2D eigenvalue weighted by Gasteiger charge is 2.32. The molecule has 5 heteroatoms. The molecule has 23 heavy (non-hydrogen) atoms. The van der Waals surface area contributed by atoms with Crippen molar-refractivity contribution in [2.24, 2.45) is 5.92 Å². The van der Waals surface area contributed by atoms with Gasteiger partial charge in [0.15, 0.2) is 0 Å². The standard InChI is InChI=1S/C18H34N2O3/c1-18(2,3)23-17(22)20-12-10-19(11-13-20)16(9-14-21)15-7-5-4-6-8-15/h15-16,21H,4-14H2,1-3H3. The molecule has 1 heterocycles. The van der Waals surface area contributed by atoms with Crippen LogP contribution in [-0.4, -0.2) is 65.4 Å². The molecule has 2 aliphatic rings. The van der Waals surface area contributed by atoms with E-state index in [0.717, 1.165) is 32.6 Å². The van der Waals surface area contributed by atoms with Crippen LogP contribution in [0.4, 0.5) is 4.79 Å². The highest BCUT2D eigenvalue weighted by molar-refractivity contribution is 5.68. The Labute approximate surface area is 141 Å². The Bertz CT molecular complexity index is 367. The minimum atomic E-state index is -0.435. The predicted molar refractivity (Wildman–Crippen MR) is 91.4 cm³/mol. The van der Waals surface area contributed by atoms with E-state index >= 15 is 0 Å². The van der Waals surface area contributed by atoms with Crippen LogP contribution >= 0.6 is 0 Å².